The van der Waals surface area contributed by atoms with Gasteiger partial charge in [-0.05, 0) is 25.1 Å². The number of primary amides is 1. The highest BCUT2D eigenvalue weighted by Gasteiger charge is 2.03. The van der Waals surface area contributed by atoms with Crippen LogP contribution in [0.25, 0.3) is 16.9 Å². The topological polar surface area (TPSA) is 69.6 Å². The molecule has 1 aromatic carbocycles. The summed E-state index contributed by atoms with van der Waals surface area (Å²) >= 11 is 0. The predicted molar refractivity (Wildman–Crippen MR) is 86.4 cm³/mol. The molecule has 0 bridgehead atoms. The number of ether oxygens (including phenoxy) is 1. The minimum Gasteiger partial charge on any atom is -0.375 e. The van der Waals surface area contributed by atoms with Crippen molar-refractivity contribution in [2.45, 2.75) is 6.92 Å². The molecule has 2 aromatic heterocycles. The van der Waals surface area contributed by atoms with Crippen molar-refractivity contribution in [2.24, 2.45) is 5.73 Å². The first-order chi connectivity index (χ1) is 10.6. The molecule has 2 heterocycles. The fraction of sp³-hybridized carbons (Fsp3) is 0.176. The molecule has 5 nitrogen and oxygen atoms in total. The molecule has 1 amide bonds. The number of aromatic nitrogens is 2. The minimum absolute atomic E-state index is 0.0139. The zero-order chi connectivity index (χ0) is 15.9. The normalized spacial score (nSPS) is 10.1. The molecule has 0 aliphatic heterocycles. The summed E-state index contributed by atoms with van der Waals surface area (Å²) in [5.41, 5.74) is 9.08. The van der Waals surface area contributed by atoms with Gasteiger partial charge in [-0.25, -0.2) is 4.98 Å². The highest BCUT2D eigenvalue weighted by molar-refractivity contribution is 5.74. The van der Waals surface area contributed by atoms with Gasteiger partial charge in [0.25, 0.3) is 0 Å². The molecule has 0 spiro atoms. The van der Waals surface area contributed by atoms with Crippen molar-refractivity contribution in [3.63, 3.8) is 0 Å². The van der Waals surface area contributed by atoms with Gasteiger partial charge >= 0.3 is 0 Å². The average molecular weight is 297 g/mol. The Morgan fingerprint density at radius 1 is 1.27 bits per heavy atom. The lowest BCUT2D eigenvalue weighted by molar-refractivity contribution is -0.121. The number of methoxy groups -OCH3 is 1. The van der Waals surface area contributed by atoms with Crippen molar-refractivity contribution in [1.29, 1.82) is 0 Å². The van der Waals surface area contributed by atoms with Gasteiger partial charge in [-0.3, -0.25) is 4.79 Å². The van der Waals surface area contributed by atoms with Crippen LogP contribution in [-0.2, 0) is 9.53 Å². The third-order valence-electron chi connectivity index (χ3n) is 2.96. The van der Waals surface area contributed by atoms with Crippen LogP contribution in [0, 0.1) is 6.92 Å². The summed E-state index contributed by atoms with van der Waals surface area (Å²) in [5, 5.41) is 0. The molecule has 0 atom stereocenters. The van der Waals surface area contributed by atoms with Crippen LogP contribution in [-0.4, -0.2) is 29.0 Å². The van der Waals surface area contributed by atoms with Crippen LogP contribution in [0.5, 0.6) is 0 Å². The summed E-state index contributed by atoms with van der Waals surface area (Å²) in [7, 11) is 1.42. The first-order valence-electron chi connectivity index (χ1n) is 6.88. The molecule has 5 heteroatoms. The van der Waals surface area contributed by atoms with E-state index in [9.17, 15) is 4.79 Å². The molecule has 22 heavy (non-hydrogen) atoms. The SMILES string of the molecule is COCC(N)=O.Cc1cccc(-c2cn3ccccc3n2)c1. The van der Waals surface area contributed by atoms with Gasteiger partial charge in [-0.2, -0.15) is 0 Å². The van der Waals surface area contributed by atoms with Gasteiger partial charge in [0.05, 0.1) is 5.69 Å². The van der Waals surface area contributed by atoms with Gasteiger partial charge in [-0.15, -0.1) is 0 Å². The smallest absolute Gasteiger partial charge is 0.243 e. The van der Waals surface area contributed by atoms with Gasteiger partial charge in [0, 0.05) is 25.1 Å². The number of fused-ring (bicyclic) bond motifs is 1. The number of imidazole rings is 1. The van der Waals surface area contributed by atoms with Gasteiger partial charge < -0.3 is 14.9 Å². The van der Waals surface area contributed by atoms with E-state index in [1.54, 1.807) is 0 Å². The van der Waals surface area contributed by atoms with Crippen molar-refractivity contribution >= 4 is 11.6 Å². The number of hydrogen-bond acceptors (Lipinski definition) is 3. The maximum atomic E-state index is 9.70. The number of hydrogen-bond donors (Lipinski definition) is 1. The first-order valence-corrected chi connectivity index (χ1v) is 6.88. The molecule has 2 N–H and O–H groups in total. The second-order valence-electron chi connectivity index (χ2n) is 4.86. The van der Waals surface area contributed by atoms with Crippen LogP contribution >= 0.6 is 0 Å². The summed E-state index contributed by atoms with van der Waals surface area (Å²) in [5.74, 6) is -0.433. The van der Waals surface area contributed by atoms with Gasteiger partial charge in [0.2, 0.25) is 5.91 Å². The molecular formula is C17H19N3O2. The Labute approximate surface area is 129 Å². The summed E-state index contributed by atoms with van der Waals surface area (Å²) in [6.45, 7) is 2.11. The standard InChI is InChI=1S/C14H12N2.C3H7NO2/c1-11-5-4-6-12(9-11)13-10-16-8-3-2-7-14(16)15-13;1-6-2-3(4)5/h2-10H,1H3;2H2,1H3,(H2,4,5). The highest BCUT2D eigenvalue weighted by atomic mass is 16.5. The molecule has 0 aliphatic rings. The van der Waals surface area contributed by atoms with E-state index < -0.39 is 5.91 Å². The average Bonchev–Trinajstić information content (AvgIpc) is 2.92. The van der Waals surface area contributed by atoms with Gasteiger partial charge in [0.1, 0.15) is 12.3 Å². The second-order valence-corrected chi connectivity index (χ2v) is 4.86. The molecule has 0 radical (unpaired) electrons. The number of carbonyl (C=O) groups is 1. The quantitative estimate of drug-likeness (QED) is 0.807. The number of nitrogens with zero attached hydrogens (tertiary/aromatic N) is 2. The summed E-state index contributed by atoms with van der Waals surface area (Å²) in [6, 6.07) is 14.4. The van der Waals surface area contributed by atoms with E-state index in [1.165, 1.54) is 18.2 Å². The van der Waals surface area contributed by atoms with E-state index in [-0.39, 0.29) is 6.61 Å². The Kier molecular flexibility index (Phi) is 5.27. The molecule has 3 rings (SSSR count). The number of benzene rings is 1. The lowest BCUT2D eigenvalue weighted by Gasteiger charge is -1.96. The lowest BCUT2D eigenvalue weighted by Crippen LogP contribution is -2.16. The summed E-state index contributed by atoms with van der Waals surface area (Å²) in [4.78, 5) is 14.3. The van der Waals surface area contributed by atoms with Crippen molar-refractivity contribution in [2.75, 3.05) is 13.7 Å². The Morgan fingerprint density at radius 2 is 2.09 bits per heavy atom. The van der Waals surface area contributed by atoms with E-state index in [0.717, 1.165) is 11.3 Å². The highest BCUT2D eigenvalue weighted by Crippen LogP contribution is 2.19. The second kappa shape index (κ2) is 7.38. The lowest BCUT2D eigenvalue weighted by atomic mass is 10.1. The predicted octanol–water partition coefficient (Wildman–Crippen LogP) is 2.43. The minimum atomic E-state index is -0.433. The number of amides is 1. The largest absolute Gasteiger partial charge is 0.375 e. The molecule has 3 aromatic rings. The molecule has 0 fully saturated rings. The Bertz CT molecular complexity index is 732. The molecule has 0 unspecified atom stereocenters. The van der Waals surface area contributed by atoms with Gasteiger partial charge in [0.15, 0.2) is 0 Å². The number of rotatable bonds is 3. The fourth-order valence-corrected chi connectivity index (χ4v) is 2.02. The number of aryl methyl sites for hydroxylation is 1. The van der Waals surface area contributed by atoms with Gasteiger partial charge in [-0.1, -0.05) is 29.8 Å². The zero-order valence-corrected chi connectivity index (χ0v) is 12.7. The Morgan fingerprint density at radius 3 is 2.68 bits per heavy atom. The van der Waals surface area contributed by atoms with Crippen LogP contribution in [0.3, 0.4) is 0 Å². The molecule has 0 saturated heterocycles. The van der Waals surface area contributed by atoms with E-state index in [2.05, 4.69) is 52.8 Å². The third kappa shape index (κ3) is 4.17. The number of carbonyl (C=O) groups excluding carboxylic acids is 1. The molecule has 0 saturated carbocycles. The maximum absolute atomic E-state index is 9.70. The van der Waals surface area contributed by atoms with Crippen LogP contribution < -0.4 is 5.73 Å². The first kappa shape index (κ1) is 15.7. The summed E-state index contributed by atoms with van der Waals surface area (Å²) < 4.78 is 6.37. The Hall–Kier alpha value is -2.66. The monoisotopic (exact) mass is 297 g/mol. The number of pyridine rings is 1. The molecule has 0 aliphatic carbocycles. The van der Waals surface area contributed by atoms with Crippen LogP contribution in [0.4, 0.5) is 0 Å². The van der Waals surface area contributed by atoms with E-state index in [0.29, 0.717) is 0 Å². The molecular weight excluding hydrogens is 278 g/mol. The number of nitrogens with two attached hydrogens (primary N) is 1. The van der Waals surface area contributed by atoms with Crippen molar-refractivity contribution in [1.82, 2.24) is 9.38 Å². The van der Waals surface area contributed by atoms with Crippen LogP contribution in [0.1, 0.15) is 5.56 Å². The van der Waals surface area contributed by atoms with E-state index >= 15 is 0 Å². The van der Waals surface area contributed by atoms with Crippen LogP contribution in [0.15, 0.2) is 54.9 Å². The Balaban J connectivity index is 0.000000254. The summed E-state index contributed by atoms with van der Waals surface area (Å²) in [6.07, 6.45) is 4.08. The van der Waals surface area contributed by atoms with Crippen molar-refractivity contribution in [3.05, 3.63) is 60.4 Å². The molecule has 114 valence electrons. The zero-order valence-electron chi connectivity index (χ0n) is 12.7. The fourth-order valence-electron chi connectivity index (χ4n) is 2.02. The van der Waals surface area contributed by atoms with Crippen LogP contribution in [0.2, 0.25) is 0 Å². The third-order valence-corrected chi connectivity index (χ3v) is 2.96. The van der Waals surface area contributed by atoms with E-state index in [1.807, 2.05) is 28.8 Å². The van der Waals surface area contributed by atoms with Crippen molar-refractivity contribution in [3.8, 4) is 11.3 Å². The maximum Gasteiger partial charge on any atom is 0.243 e. The van der Waals surface area contributed by atoms with Crippen molar-refractivity contribution < 1.29 is 9.53 Å². The van der Waals surface area contributed by atoms with E-state index in [4.69, 9.17) is 0 Å².